The van der Waals surface area contributed by atoms with Crippen LogP contribution in [0.3, 0.4) is 0 Å². The average molecular weight is 378 g/mol. The Bertz CT molecular complexity index is 1380. The Morgan fingerprint density at radius 3 is 2.45 bits per heavy atom. The van der Waals surface area contributed by atoms with Gasteiger partial charge in [0, 0.05) is 52.2 Å². The van der Waals surface area contributed by atoms with Gasteiger partial charge in [-0.05, 0) is 42.5 Å². The number of fused-ring (bicyclic) bond motifs is 4. The first-order valence-corrected chi connectivity index (χ1v) is 9.39. The van der Waals surface area contributed by atoms with Gasteiger partial charge < -0.3 is 10.6 Å². The van der Waals surface area contributed by atoms with Crippen molar-refractivity contribution in [3.8, 4) is 0 Å². The second-order valence-corrected chi connectivity index (χ2v) is 6.95. The molecule has 0 fully saturated rings. The molecule has 0 spiro atoms. The van der Waals surface area contributed by atoms with Crippen LogP contribution in [-0.4, -0.2) is 15.9 Å². The van der Waals surface area contributed by atoms with Gasteiger partial charge in [0.25, 0.3) is 0 Å². The van der Waals surface area contributed by atoms with Gasteiger partial charge in [-0.3, -0.25) is 9.78 Å². The maximum absolute atomic E-state index is 11.3. The van der Waals surface area contributed by atoms with Gasteiger partial charge in [0.1, 0.15) is 0 Å². The van der Waals surface area contributed by atoms with Crippen molar-refractivity contribution in [1.29, 1.82) is 0 Å². The minimum Gasteiger partial charge on any atom is -0.354 e. The van der Waals surface area contributed by atoms with Gasteiger partial charge in [-0.1, -0.05) is 24.3 Å². The fraction of sp³-hybridized carbons (Fsp3) is 0.0417. The standard InChI is InChI=1S/C24H18N4O/c1-15(29)26-17-7-9-18(10-8-17)27-24-20-4-2-3-5-22(20)28-23-19-12-13-25-14-16(19)6-11-21(23)24/h2-14H,1H3,(H,26,29)(H,27,28). The fourth-order valence-electron chi connectivity index (χ4n) is 3.64. The largest absolute Gasteiger partial charge is 0.354 e. The van der Waals surface area contributed by atoms with E-state index in [2.05, 4.69) is 33.8 Å². The fourth-order valence-corrected chi connectivity index (χ4v) is 3.64. The van der Waals surface area contributed by atoms with Gasteiger partial charge in [-0.2, -0.15) is 0 Å². The van der Waals surface area contributed by atoms with Crippen LogP contribution in [0.25, 0.3) is 32.6 Å². The molecule has 5 rings (SSSR count). The van der Waals surface area contributed by atoms with E-state index in [-0.39, 0.29) is 5.91 Å². The zero-order valence-corrected chi connectivity index (χ0v) is 15.8. The lowest BCUT2D eigenvalue weighted by Crippen LogP contribution is -2.05. The highest BCUT2D eigenvalue weighted by Crippen LogP contribution is 2.36. The number of anilines is 3. The number of benzene rings is 3. The molecular weight excluding hydrogens is 360 g/mol. The highest BCUT2D eigenvalue weighted by molar-refractivity contribution is 6.16. The topological polar surface area (TPSA) is 66.9 Å². The van der Waals surface area contributed by atoms with E-state index in [1.165, 1.54) is 6.92 Å². The van der Waals surface area contributed by atoms with Crippen LogP contribution in [0.4, 0.5) is 17.1 Å². The Morgan fingerprint density at radius 1 is 0.828 bits per heavy atom. The molecule has 0 aliphatic heterocycles. The van der Waals surface area contributed by atoms with Crippen molar-refractivity contribution in [2.45, 2.75) is 6.92 Å². The summed E-state index contributed by atoms with van der Waals surface area (Å²) in [5.74, 6) is -0.0850. The molecule has 1 amide bonds. The van der Waals surface area contributed by atoms with Gasteiger partial charge in [-0.25, -0.2) is 4.98 Å². The number of pyridine rings is 2. The summed E-state index contributed by atoms with van der Waals surface area (Å²) in [7, 11) is 0. The minimum atomic E-state index is -0.0850. The van der Waals surface area contributed by atoms with Crippen molar-refractivity contribution in [2.24, 2.45) is 0 Å². The summed E-state index contributed by atoms with van der Waals surface area (Å²) >= 11 is 0. The number of carbonyl (C=O) groups is 1. The minimum absolute atomic E-state index is 0.0850. The lowest BCUT2D eigenvalue weighted by molar-refractivity contribution is -0.114. The molecule has 0 saturated carbocycles. The van der Waals surface area contributed by atoms with Crippen molar-refractivity contribution >= 4 is 55.5 Å². The molecule has 5 nitrogen and oxygen atoms in total. The van der Waals surface area contributed by atoms with Crippen molar-refractivity contribution in [1.82, 2.24) is 9.97 Å². The van der Waals surface area contributed by atoms with Crippen molar-refractivity contribution < 1.29 is 4.79 Å². The van der Waals surface area contributed by atoms with Gasteiger partial charge in [0.2, 0.25) is 5.91 Å². The van der Waals surface area contributed by atoms with Crippen LogP contribution in [-0.2, 0) is 4.79 Å². The Balaban J connectivity index is 1.70. The van der Waals surface area contributed by atoms with E-state index in [1.54, 1.807) is 6.20 Å². The molecule has 3 aromatic carbocycles. The number of nitrogens with one attached hydrogen (secondary N) is 2. The van der Waals surface area contributed by atoms with E-state index in [1.807, 2.05) is 54.7 Å². The first kappa shape index (κ1) is 17.1. The van der Waals surface area contributed by atoms with Crippen LogP contribution in [0.1, 0.15) is 6.92 Å². The number of hydrogen-bond donors (Lipinski definition) is 2. The number of amides is 1. The summed E-state index contributed by atoms with van der Waals surface area (Å²) in [6.45, 7) is 1.50. The highest BCUT2D eigenvalue weighted by Gasteiger charge is 2.12. The molecule has 0 radical (unpaired) electrons. The van der Waals surface area contributed by atoms with Crippen molar-refractivity contribution in [3.05, 3.63) is 79.1 Å². The zero-order valence-electron chi connectivity index (χ0n) is 15.8. The maximum Gasteiger partial charge on any atom is 0.221 e. The summed E-state index contributed by atoms with van der Waals surface area (Å²) in [6.07, 6.45) is 3.66. The lowest BCUT2D eigenvalue weighted by Gasteiger charge is -2.15. The smallest absolute Gasteiger partial charge is 0.221 e. The second kappa shape index (κ2) is 6.87. The molecule has 5 heteroatoms. The van der Waals surface area contributed by atoms with E-state index in [9.17, 15) is 4.79 Å². The number of para-hydroxylation sites is 1. The number of aromatic nitrogens is 2. The maximum atomic E-state index is 11.3. The van der Waals surface area contributed by atoms with Crippen LogP contribution in [0.15, 0.2) is 79.1 Å². The van der Waals surface area contributed by atoms with Crippen LogP contribution in [0.5, 0.6) is 0 Å². The lowest BCUT2D eigenvalue weighted by atomic mass is 10.0. The van der Waals surface area contributed by atoms with Gasteiger partial charge in [0.15, 0.2) is 0 Å². The van der Waals surface area contributed by atoms with E-state index < -0.39 is 0 Å². The van der Waals surface area contributed by atoms with E-state index in [0.717, 1.165) is 49.6 Å². The monoisotopic (exact) mass is 378 g/mol. The zero-order chi connectivity index (χ0) is 19.8. The van der Waals surface area contributed by atoms with Gasteiger partial charge in [0.05, 0.1) is 16.7 Å². The average Bonchev–Trinajstić information content (AvgIpc) is 2.74. The Morgan fingerprint density at radius 2 is 1.62 bits per heavy atom. The molecule has 140 valence electrons. The van der Waals surface area contributed by atoms with Crippen molar-refractivity contribution in [2.75, 3.05) is 10.6 Å². The predicted octanol–water partition coefficient (Wildman–Crippen LogP) is 5.64. The third-order valence-corrected chi connectivity index (χ3v) is 4.94. The third kappa shape index (κ3) is 3.12. The van der Waals surface area contributed by atoms with Crippen molar-refractivity contribution in [3.63, 3.8) is 0 Å². The summed E-state index contributed by atoms with van der Waals surface area (Å²) in [6, 6.07) is 22.0. The molecule has 0 aliphatic carbocycles. The van der Waals surface area contributed by atoms with E-state index >= 15 is 0 Å². The molecule has 0 unspecified atom stereocenters. The molecule has 2 N–H and O–H groups in total. The quantitative estimate of drug-likeness (QED) is 0.315. The predicted molar refractivity (Wildman–Crippen MR) is 119 cm³/mol. The SMILES string of the molecule is CC(=O)Nc1ccc(Nc2c3ccccc3nc3c2ccc2cnccc23)cc1. The molecule has 2 heterocycles. The van der Waals surface area contributed by atoms with Gasteiger partial charge >= 0.3 is 0 Å². The summed E-state index contributed by atoms with van der Waals surface area (Å²) in [5.41, 5.74) is 4.59. The summed E-state index contributed by atoms with van der Waals surface area (Å²) in [4.78, 5) is 20.4. The van der Waals surface area contributed by atoms with Crippen LogP contribution >= 0.6 is 0 Å². The molecule has 0 saturated heterocycles. The molecule has 0 bridgehead atoms. The molecule has 2 aromatic heterocycles. The third-order valence-electron chi connectivity index (χ3n) is 4.94. The molecule has 5 aromatic rings. The first-order chi connectivity index (χ1) is 14.2. The van der Waals surface area contributed by atoms with Crippen LogP contribution < -0.4 is 10.6 Å². The summed E-state index contributed by atoms with van der Waals surface area (Å²) in [5, 5.41) is 10.6. The molecule has 29 heavy (non-hydrogen) atoms. The van der Waals surface area contributed by atoms with Crippen LogP contribution in [0, 0.1) is 0 Å². The second-order valence-electron chi connectivity index (χ2n) is 6.95. The van der Waals surface area contributed by atoms with Crippen LogP contribution in [0.2, 0.25) is 0 Å². The first-order valence-electron chi connectivity index (χ1n) is 9.39. The molecule has 0 atom stereocenters. The Labute approximate surface area is 167 Å². The Kier molecular flexibility index (Phi) is 4.06. The van der Waals surface area contributed by atoms with E-state index in [0.29, 0.717) is 0 Å². The van der Waals surface area contributed by atoms with E-state index in [4.69, 9.17) is 4.98 Å². The number of rotatable bonds is 3. The Hall–Kier alpha value is -3.99. The molecule has 0 aliphatic rings. The summed E-state index contributed by atoms with van der Waals surface area (Å²) < 4.78 is 0. The molecular formula is C24H18N4O. The number of hydrogen-bond acceptors (Lipinski definition) is 4. The number of carbonyl (C=O) groups excluding carboxylic acids is 1. The highest BCUT2D eigenvalue weighted by atomic mass is 16.1. The number of nitrogens with zero attached hydrogens (tertiary/aromatic N) is 2. The van der Waals surface area contributed by atoms with Gasteiger partial charge in [-0.15, -0.1) is 0 Å². The normalized spacial score (nSPS) is 11.1.